The summed E-state index contributed by atoms with van der Waals surface area (Å²) >= 11 is 0.809. The Balaban J connectivity index is 0.000000687. The Hall–Kier alpha value is -2.37. The molecule has 0 amide bonds. The highest BCUT2D eigenvalue weighted by Crippen LogP contribution is 2.48. The summed E-state index contributed by atoms with van der Waals surface area (Å²) in [6, 6.07) is 12.1. The van der Waals surface area contributed by atoms with E-state index in [1.165, 1.54) is 12.1 Å². The number of thiophene rings is 1. The van der Waals surface area contributed by atoms with E-state index in [0.29, 0.717) is 6.42 Å². The number of rotatable bonds is 5. The normalized spacial score (nSPS) is 21.4. The van der Waals surface area contributed by atoms with E-state index in [9.17, 15) is 21.6 Å². The molecule has 1 fully saturated rings. The molecule has 1 aromatic heterocycles. The van der Waals surface area contributed by atoms with E-state index in [4.69, 9.17) is 15.0 Å². The lowest BCUT2D eigenvalue weighted by molar-refractivity contribution is -0.0790. The molecule has 29 heavy (non-hydrogen) atoms. The van der Waals surface area contributed by atoms with Crippen LogP contribution in [0.3, 0.4) is 0 Å². The van der Waals surface area contributed by atoms with Crippen LogP contribution in [0.25, 0.3) is 6.08 Å². The van der Waals surface area contributed by atoms with Gasteiger partial charge in [0.2, 0.25) is 10.0 Å². The number of hydrogen-bond donors (Lipinski definition) is 3. The molecule has 0 radical (unpaired) electrons. The largest absolute Gasteiger partial charge is 0.503 e. The van der Waals surface area contributed by atoms with Crippen LogP contribution in [-0.4, -0.2) is 37.0 Å². The fraction of sp³-hybridized carbons (Fsp3) is 0.278. The number of hydrogen-bond acceptors (Lipinski definition) is 4. The van der Waals surface area contributed by atoms with E-state index in [1.54, 1.807) is 0 Å². The first-order valence-corrected chi connectivity index (χ1v) is 10.5. The van der Waals surface area contributed by atoms with E-state index in [1.807, 2.05) is 37.3 Å². The van der Waals surface area contributed by atoms with Gasteiger partial charge < -0.3 is 10.2 Å². The first-order valence-electron chi connectivity index (χ1n) is 8.19. The van der Waals surface area contributed by atoms with E-state index in [0.717, 1.165) is 23.0 Å². The van der Waals surface area contributed by atoms with Gasteiger partial charge in [-0.3, -0.25) is 0 Å². The molecule has 3 N–H and O–H groups in total. The monoisotopic (exact) mass is 449 g/mol. The van der Waals surface area contributed by atoms with Crippen LogP contribution in [0.15, 0.2) is 52.7 Å². The zero-order chi connectivity index (χ0) is 21.9. The summed E-state index contributed by atoms with van der Waals surface area (Å²) in [6.07, 6.45) is -4.61. The second kappa shape index (κ2) is 8.56. The third kappa shape index (κ3) is 6.58. The molecule has 0 aliphatic heterocycles. The van der Waals surface area contributed by atoms with Gasteiger partial charge in [0.25, 0.3) is 0 Å². The van der Waals surface area contributed by atoms with Gasteiger partial charge in [-0.15, -0.1) is 11.3 Å². The zero-order valence-electron chi connectivity index (χ0n) is 15.1. The molecule has 1 saturated carbocycles. The summed E-state index contributed by atoms with van der Waals surface area (Å²) in [4.78, 5) is 8.79. The second-order valence-corrected chi connectivity index (χ2v) is 9.53. The summed E-state index contributed by atoms with van der Waals surface area (Å²) in [5.41, 5.74) is 0.799. The van der Waals surface area contributed by atoms with Crippen molar-refractivity contribution in [3.63, 3.8) is 0 Å². The minimum absolute atomic E-state index is 0.0108. The van der Waals surface area contributed by atoms with Gasteiger partial charge in [0.05, 0.1) is 0 Å². The maximum absolute atomic E-state index is 12.5. The first kappa shape index (κ1) is 22.9. The average molecular weight is 449 g/mol. The molecule has 0 unspecified atom stereocenters. The van der Waals surface area contributed by atoms with Gasteiger partial charge in [-0.1, -0.05) is 37.3 Å². The number of allylic oxidation sites excluding steroid dienone is 1. The van der Waals surface area contributed by atoms with Crippen molar-refractivity contribution in [3.8, 4) is 0 Å². The Morgan fingerprint density at radius 1 is 1.21 bits per heavy atom. The molecule has 158 valence electrons. The van der Waals surface area contributed by atoms with Crippen molar-refractivity contribution in [3.05, 3.63) is 59.0 Å². The molecule has 1 aromatic carbocycles. The van der Waals surface area contributed by atoms with Crippen molar-refractivity contribution < 1.29 is 36.6 Å². The van der Waals surface area contributed by atoms with Crippen LogP contribution < -0.4 is 4.72 Å². The molecule has 1 aliphatic rings. The number of alkyl halides is 3. The van der Waals surface area contributed by atoms with Crippen LogP contribution in [0.1, 0.15) is 23.8 Å². The van der Waals surface area contributed by atoms with Crippen molar-refractivity contribution in [1.29, 1.82) is 0 Å². The third-order valence-electron chi connectivity index (χ3n) is 4.27. The number of nitrogens with one attached hydrogen (secondary N) is 1. The third-order valence-corrected chi connectivity index (χ3v) is 7.29. The van der Waals surface area contributed by atoms with Crippen LogP contribution in [0, 0.1) is 0 Å². The van der Waals surface area contributed by atoms with Crippen molar-refractivity contribution in [2.45, 2.75) is 35.2 Å². The lowest BCUT2D eigenvalue weighted by Crippen LogP contribution is -2.29. The van der Waals surface area contributed by atoms with Gasteiger partial charge in [0.1, 0.15) is 4.21 Å². The fourth-order valence-electron chi connectivity index (χ4n) is 2.67. The van der Waals surface area contributed by atoms with Crippen LogP contribution in [0.5, 0.6) is 0 Å². The summed E-state index contributed by atoms with van der Waals surface area (Å²) in [5.74, 6) is 0. The Kier molecular flexibility index (Phi) is 6.76. The molecule has 0 saturated heterocycles. The van der Waals surface area contributed by atoms with E-state index in [2.05, 4.69) is 4.72 Å². The predicted octanol–water partition coefficient (Wildman–Crippen LogP) is 4.55. The maximum atomic E-state index is 12.5. The zero-order valence-corrected chi connectivity index (χ0v) is 16.7. The van der Waals surface area contributed by atoms with Crippen LogP contribution in [0.2, 0.25) is 0 Å². The highest BCUT2D eigenvalue weighted by molar-refractivity contribution is 7.91. The molecular weight excluding hydrogens is 431 g/mol. The lowest BCUT2D eigenvalue weighted by atomic mass is 9.98. The number of carbonyl (C=O) groups is 1. The van der Waals surface area contributed by atoms with Gasteiger partial charge in [0, 0.05) is 22.4 Å². The standard InChI is InChI=1S/C17H16F3NO2S2.CH2O3/c1-16(12-5-3-2-4-6-12)11-14(16)21-25(22,23)15-8-7-13(24-15)9-10-17(18,19)20;2-1(3)4/h2-10,14,21H,11H2,1H3;(H2,2,3,4)/b10-9-;/t14-,16+;/m0./s1. The molecule has 11 heteroatoms. The van der Waals surface area contributed by atoms with Gasteiger partial charge in [0.15, 0.2) is 0 Å². The number of benzene rings is 1. The van der Waals surface area contributed by atoms with Gasteiger partial charge in [-0.05, 0) is 30.2 Å². The quantitative estimate of drug-likeness (QED) is 0.621. The maximum Gasteiger partial charge on any atom is 0.503 e. The number of sulfonamides is 1. The van der Waals surface area contributed by atoms with Gasteiger partial charge >= 0.3 is 12.3 Å². The van der Waals surface area contributed by atoms with E-state index >= 15 is 0 Å². The van der Waals surface area contributed by atoms with Gasteiger partial charge in [-0.2, -0.15) is 13.2 Å². The molecule has 2 aromatic rings. The fourth-order valence-corrected chi connectivity index (χ4v) is 5.26. The Labute approximate surface area is 169 Å². The van der Waals surface area contributed by atoms with Crippen molar-refractivity contribution in [2.75, 3.05) is 0 Å². The smallest absolute Gasteiger partial charge is 0.450 e. The molecule has 1 heterocycles. The number of halogens is 3. The first-order chi connectivity index (χ1) is 13.3. The predicted molar refractivity (Wildman–Crippen MR) is 103 cm³/mol. The lowest BCUT2D eigenvalue weighted by Gasteiger charge is -2.12. The van der Waals surface area contributed by atoms with Gasteiger partial charge in [-0.25, -0.2) is 17.9 Å². The molecule has 0 bridgehead atoms. The highest BCUT2D eigenvalue weighted by atomic mass is 32.2. The van der Waals surface area contributed by atoms with Crippen molar-refractivity contribution in [1.82, 2.24) is 4.72 Å². The summed E-state index contributed by atoms with van der Waals surface area (Å²) in [7, 11) is -3.76. The van der Waals surface area contributed by atoms with Crippen LogP contribution >= 0.6 is 11.3 Å². The van der Waals surface area contributed by atoms with Crippen LogP contribution in [-0.2, 0) is 15.4 Å². The highest BCUT2D eigenvalue weighted by Gasteiger charge is 2.53. The van der Waals surface area contributed by atoms with E-state index in [-0.39, 0.29) is 26.6 Å². The molecule has 6 nitrogen and oxygen atoms in total. The Morgan fingerprint density at radius 2 is 1.79 bits per heavy atom. The molecular formula is C18H18F3NO5S2. The SMILES string of the molecule is C[C@]1(c2ccccc2)C[C@@H]1NS(=O)(=O)c1ccc(/C=C\C(F)(F)F)s1.O=C(O)O. The summed E-state index contributed by atoms with van der Waals surface area (Å²) in [6.45, 7) is 1.99. The Morgan fingerprint density at radius 3 is 2.34 bits per heavy atom. The van der Waals surface area contributed by atoms with Crippen molar-refractivity contribution >= 4 is 33.6 Å². The molecule has 0 spiro atoms. The molecule has 3 rings (SSSR count). The summed E-state index contributed by atoms with van der Waals surface area (Å²) in [5, 5.41) is 13.9. The molecule has 2 atom stereocenters. The minimum Gasteiger partial charge on any atom is -0.450 e. The second-order valence-electron chi connectivity index (χ2n) is 6.48. The van der Waals surface area contributed by atoms with Crippen LogP contribution in [0.4, 0.5) is 18.0 Å². The number of carboxylic acid groups (broad SMARTS) is 2. The minimum atomic E-state index is -4.42. The van der Waals surface area contributed by atoms with Crippen molar-refractivity contribution in [2.24, 2.45) is 0 Å². The van der Waals surface area contributed by atoms with E-state index < -0.39 is 22.4 Å². The summed E-state index contributed by atoms with van der Waals surface area (Å²) < 4.78 is 64.2. The Bertz CT molecular complexity index is 982. The average Bonchev–Trinajstić information content (AvgIpc) is 3.04. The topological polar surface area (TPSA) is 104 Å². The molecule has 1 aliphatic carbocycles.